The van der Waals surface area contributed by atoms with Crippen molar-refractivity contribution in [2.75, 3.05) is 31.1 Å². The maximum absolute atomic E-state index is 13.1. The minimum atomic E-state index is -3.78. The molecule has 0 atom stereocenters. The second-order valence-corrected chi connectivity index (χ2v) is 8.99. The van der Waals surface area contributed by atoms with Crippen LogP contribution < -0.4 is 4.90 Å². The number of halogens is 1. The Kier molecular flexibility index (Phi) is 5.13. The molecule has 29 heavy (non-hydrogen) atoms. The summed E-state index contributed by atoms with van der Waals surface area (Å²) in [6.45, 7) is 5.45. The van der Waals surface area contributed by atoms with Crippen LogP contribution in [0.15, 0.2) is 50.5 Å². The van der Waals surface area contributed by atoms with Gasteiger partial charge in [-0.2, -0.15) is 4.31 Å². The van der Waals surface area contributed by atoms with Crippen molar-refractivity contribution in [3.05, 3.63) is 48.3 Å². The summed E-state index contributed by atoms with van der Waals surface area (Å²) in [6.07, 6.45) is 1.30. The standard InChI is InChI=1S/C19H21FN4O4S/c1-13(2)18-21-22-19(28-18)14-11-17(27-12-14)29(25,26)24-9-7-23(8-10-24)16-5-3-15(20)4-6-16/h3-6,11-13H,7-10H2,1-2H3. The largest absolute Gasteiger partial charge is 0.451 e. The number of rotatable bonds is 5. The van der Waals surface area contributed by atoms with Gasteiger partial charge in [0.25, 0.3) is 15.9 Å². The second-order valence-electron chi connectivity index (χ2n) is 7.12. The normalized spacial score (nSPS) is 15.9. The number of piperazine rings is 1. The van der Waals surface area contributed by atoms with Crippen LogP contribution >= 0.6 is 0 Å². The van der Waals surface area contributed by atoms with Crippen LogP contribution in [0.4, 0.5) is 10.1 Å². The zero-order valence-electron chi connectivity index (χ0n) is 16.1. The Morgan fingerprint density at radius 1 is 1.07 bits per heavy atom. The van der Waals surface area contributed by atoms with Gasteiger partial charge >= 0.3 is 0 Å². The first-order chi connectivity index (χ1) is 13.8. The van der Waals surface area contributed by atoms with Crippen molar-refractivity contribution in [1.82, 2.24) is 14.5 Å². The number of anilines is 1. The fourth-order valence-electron chi connectivity index (χ4n) is 3.11. The molecule has 2 aromatic heterocycles. The zero-order chi connectivity index (χ0) is 20.6. The third-order valence-electron chi connectivity index (χ3n) is 4.78. The number of hydrogen-bond donors (Lipinski definition) is 0. The minimum Gasteiger partial charge on any atom is -0.451 e. The van der Waals surface area contributed by atoms with Gasteiger partial charge in [-0.3, -0.25) is 0 Å². The van der Waals surface area contributed by atoms with Gasteiger partial charge < -0.3 is 13.7 Å². The van der Waals surface area contributed by atoms with Gasteiger partial charge in [-0.25, -0.2) is 12.8 Å². The van der Waals surface area contributed by atoms with Crippen molar-refractivity contribution in [3.63, 3.8) is 0 Å². The van der Waals surface area contributed by atoms with E-state index in [4.69, 9.17) is 8.83 Å². The van der Waals surface area contributed by atoms with Crippen molar-refractivity contribution in [2.24, 2.45) is 0 Å². The van der Waals surface area contributed by atoms with Gasteiger partial charge in [0.1, 0.15) is 12.1 Å². The molecule has 1 aliphatic rings. The second kappa shape index (κ2) is 7.60. The van der Waals surface area contributed by atoms with E-state index >= 15 is 0 Å². The van der Waals surface area contributed by atoms with E-state index in [-0.39, 0.29) is 22.7 Å². The van der Waals surface area contributed by atoms with Crippen molar-refractivity contribution in [1.29, 1.82) is 0 Å². The Morgan fingerprint density at radius 2 is 1.76 bits per heavy atom. The summed E-state index contributed by atoms with van der Waals surface area (Å²) in [6, 6.07) is 7.57. The maximum Gasteiger partial charge on any atom is 0.276 e. The minimum absolute atomic E-state index is 0.0729. The quantitative estimate of drug-likeness (QED) is 0.626. The average Bonchev–Trinajstić information content (AvgIpc) is 3.39. The highest BCUT2D eigenvalue weighted by Gasteiger charge is 2.31. The molecule has 3 heterocycles. The molecule has 8 nitrogen and oxygen atoms in total. The molecule has 0 N–H and O–H groups in total. The molecule has 10 heteroatoms. The first-order valence-corrected chi connectivity index (χ1v) is 10.7. The Bertz CT molecular complexity index is 1080. The number of hydrogen-bond acceptors (Lipinski definition) is 7. The number of benzene rings is 1. The molecule has 0 bridgehead atoms. The van der Waals surface area contributed by atoms with Gasteiger partial charge in [0.15, 0.2) is 0 Å². The predicted octanol–water partition coefficient (Wildman–Crippen LogP) is 3.10. The van der Waals surface area contributed by atoms with Crippen molar-refractivity contribution in [3.8, 4) is 11.5 Å². The predicted molar refractivity (Wildman–Crippen MR) is 103 cm³/mol. The molecule has 3 aromatic rings. The summed E-state index contributed by atoms with van der Waals surface area (Å²) in [4.78, 5) is 2.02. The highest BCUT2D eigenvalue weighted by molar-refractivity contribution is 7.89. The van der Waals surface area contributed by atoms with Crippen molar-refractivity contribution in [2.45, 2.75) is 24.9 Å². The molecule has 0 aliphatic carbocycles. The molecule has 0 spiro atoms. The lowest BCUT2D eigenvalue weighted by Gasteiger charge is -2.34. The van der Waals surface area contributed by atoms with Gasteiger partial charge in [0, 0.05) is 43.9 Å². The molecule has 0 unspecified atom stereocenters. The third-order valence-corrected chi connectivity index (χ3v) is 6.55. The maximum atomic E-state index is 13.1. The number of aromatic nitrogens is 2. The number of sulfonamides is 1. The van der Waals surface area contributed by atoms with Crippen LogP contribution in [0, 0.1) is 5.82 Å². The third kappa shape index (κ3) is 3.90. The smallest absolute Gasteiger partial charge is 0.276 e. The molecule has 4 rings (SSSR count). The highest BCUT2D eigenvalue weighted by Crippen LogP contribution is 2.28. The van der Waals surface area contributed by atoms with Gasteiger partial charge in [0.05, 0.1) is 5.56 Å². The zero-order valence-corrected chi connectivity index (χ0v) is 16.9. The van der Waals surface area contributed by atoms with E-state index in [1.807, 2.05) is 18.7 Å². The summed E-state index contributed by atoms with van der Waals surface area (Å²) in [5, 5.41) is 7.74. The van der Waals surface area contributed by atoms with Crippen molar-refractivity contribution < 1.29 is 21.6 Å². The summed E-state index contributed by atoms with van der Waals surface area (Å²) in [5.41, 5.74) is 1.29. The van der Waals surface area contributed by atoms with E-state index in [1.165, 1.54) is 28.8 Å². The molecule has 0 amide bonds. The average molecular weight is 420 g/mol. The topological polar surface area (TPSA) is 92.7 Å². The lowest BCUT2D eigenvalue weighted by Crippen LogP contribution is -2.48. The van der Waals surface area contributed by atoms with E-state index < -0.39 is 10.0 Å². The Morgan fingerprint density at radius 3 is 2.38 bits per heavy atom. The Hall–Kier alpha value is -2.72. The molecule has 1 fully saturated rings. The molecule has 1 aromatic carbocycles. The Labute approximate surface area is 168 Å². The van der Waals surface area contributed by atoms with E-state index in [9.17, 15) is 12.8 Å². The van der Waals surface area contributed by atoms with Crippen LogP contribution in [-0.4, -0.2) is 49.1 Å². The van der Waals surface area contributed by atoms with E-state index in [0.29, 0.717) is 37.6 Å². The lowest BCUT2D eigenvalue weighted by atomic mass is 10.2. The van der Waals surface area contributed by atoms with E-state index in [1.54, 1.807) is 12.1 Å². The highest BCUT2D eigenvalue weighted by atomic mass is 32.2. The van der Waals surface area contributed by atoms with Crippen LogP contribution in [0.1, 0.15) is 25.7 Å². The van der Waals surface area contributed by atoms with Crippen LogP contribution in [0.2, 0.25) is 0 Å². The van der Waals surface area contributed by atoms with Gasteiger partial charge in [-0.15, -0.1) is 10.2 Å². The molecule has 154 valence electrons. The molecular formula is C19H21FN4O4S. The van der Waals surface area contributed by atoms with Crippen LogP contribution in [0.3, 0.4) is 0 Å². The molecular weight excluding hydrogens is 399 g/mol. The number of nitrogens with zero attached hydrogens (tertiary/aromatic N) is 4. The van der Waals surface area contributed by atoms with Crippen LogP contribution in [0.25, 0.3) is 11.5 Å². The summed E-state index contributed by atoms with van der Waals surface area (Å²) in [7, 11) is -3.78. The molecule has 0 radical (unpaired) electrons. The van der Waals surface area contributed by atoms with Gasteiger partial charge in [0.2, 0.25) is 11.0 Å². The van der Waals surface area contributed by atoms with Gasteiger partial charge in [-0.05, 0) is 24.3 Å². The summed E-state index contributed by atoms with van der Waals surface area (Å²) < 4.78 is 51.2. The van der Waals surface area contributed by atoms with Crippen LogP contribution in [-0.2, 0) is 10.0 Å². The summed E-state index contributed by atoms with van der Waals surface area (Å²) >= 11 is 0. The van der Waals surface area contributed by atoms with Gasteiger partial charge in [-0.1, -0.05) is 13.8 Å². The van der Waals surface area contributed by atoms with Crippen LogP contribution in [0.5, 0.6) is 0 Å². The van der Waals surface area contributed by atoms with Crippen molar-refractivity contribution >= 4 is 15.7 Å². The molecule has 0 saturated carbocycles. The monoisotopic (exact) mass is 420 g/mol. The summed E-state index contributed by atoms with van der Waals surface area (Å²) in [5.74, 6) is 0.469. The SMILES string of the molecule is CC(C)c1nnc(-c2coc(S(=O)(=O)N3CCN(c4ccc(F)cc4)CC3)c2)o1. The number of furan rings is 1. The lowest BCUT2D eigenvalue weighted by molar-refractivity contribution is 0.362. The first-order valence-electron chi connectivity index (χ1n) is 9.27. The molecule has 1 saturated heterocycles. The first kappa shape index (κ1) is 19.6. The fourth-order valence-corrected chi connectivity index (χ4v) is 4.46. The Balaban J connectivity index is 1.46. The van der Waals surface area contributed by atoms with E-state index in [0.717, 1.165) is 5.69 Å². The van der Waals surface area contributed by atoms with E-state index in [2.05, 4.69) is 10.2 Å². The fraction of sp³-hybridized carbons (Fsp3) is 0.368. The molecule has 1 aliphatic heterocycles.